The van der Waals surface area contributed by atoms with Crippen molar-refractivity contribution in [3.8, 4) is 0 Å². The van der Waals surface area contributed by atoms with E-state index in [0.717, 1.165) is 0 Å². The molecule has 1 aromatic carbocycles. The second-order valence-corrected chi connectivity index (χ2v) is 3.93. The molecule has 0 saturated heterocycles. The highest BCUT2D eigenvalue weighted by Crippen LogP contribution is 2.55. The SMILES string of the molecule is CC(=O)OC[C@@H]1C[C@@]1(F)c1ccccc1. The summed E-state index contributed by atoms with van der Waals surface area (Å²) in [5.74, 6) is -0.527. The molecule has 2 nitrogen and oxygen atoms in total. The number of rotatable bonds is 3. The van der Waals surface area contributed by atoms with Crippen LogP contribution in [0.1, 0.15) is 18.9 Å². The summed E-state index contributed by atoms with van der Waals surface area (Å²) in [6.07, 6.45) is 0.449. The topological polar surface area (TPSA) is 26.3 Å². The van der Waals surface area contributed by atoms with Gasteiger partial charge in [-0.2, -0.15) is 0 Å². The number of alkyl halides is 1. The van der Waals surface area contributed by atoms with E-state index in [1.807, 2.05) is 18.2 Å². The summed E-state index contributed by atoms with van der Waals surface area (Å²) in [7, 11) is 0. The van der Waals surface area contributed by atoms with Crippen molar-refractivity contribution in [2.75, 3.05) is 6.61 Å². The van der Waals surface area contributed by atoms with Crippen LogP contribution in [0, 0.1) is 5.92 Å². The highest BCUT2D eigenvalue weighted by atomic mass is 19.1. The molecule has 0 unspecified atom stereocenters. The molecule has 1 aliphatic carbocycles. The van der Waals surface area contributed by atoms with E-state index in [9.17, 15) is 9.18 Å². The van der Waals surface area contributed by atoms with Gasteiger partial charge >= 0.3 is 5.97 Å². The second-order valence-electron chi connectivity index (χ2n) is 3.93. The molecule has 0 aliphatic heterocycles. The maximum Gasteiger partial charge on any atom is 0.302 e. The number of ether oxygens (including phenoxy) is 1. The lowest BCUT2D eigenvalue weighted by molar-refractivity contribution is -0.141. The van der Waals surface area contributed by atoms with E-state index in [4.69, 9.17) is 4.74 Å². The first-order chi connectivity index (χ1) is 7.13. The zero-order valence-corrected chi connectivity index (χ0v) is 8.57. The van der Waals surface area contributed by atoms with Gasteiger partial charge in [0.2, 0.25) is 0 Å². The van der Waals surface area contributed by atoms with E-state index in [1.165, 1.54) is 6.92 Å². The van der Waals surface area contributed by atoms with Gasteiger partial charge in [-0.25, -0.2) is 4.39 Å². The molecule has 0 heterocycles. The third-order valence-electron chi connectivity index (χ3n) is 2.77. The van der Waals surface area contributed by atoms with Crippen LogP contribution in [0.25, 0.3) is 0 Å². The van der Waals surface area contributed by atoms with Crippen LogP contribution in [0.15, 0.2) is 30.3 Å². The fraction of sp³-hybridized carbons (Fsp3) is 0.417. The first kappa shape index (κ1) is 10.1. The average Bonchev–Trinajstić information content (AvgIpc) is 2.90. The lowest BCUT2D eigenvalue weighted by Gasteiger charge is -2.07. The average molecular weight is 208 g/mol. The van der Waals surface area contributed by atoms with Crippen molar-refractivity contribution >= 4 is 5.97 Å². The minimum Gasteiger partial charge on any atom is -0.465 e. The van der Waals surface area contributed by atoms with Gasteiger partial charge in [-0.15, -0.1) is 0 Å². The monoisotopic (exact) mass is 208 g/mol. The first-order valence-electron chi connectivity index (χ1n) is 5.01. The number of halogens is 1. The minimum atomic E-state index is -1.28. The molecular weight excluding hydrogens is 195 g/mol. The van der Waals surface area contributed by atoms with E-state index in [-0.39, 0.29) is 18.5 Å². The van der Waals surface area contributed by atoms with Crippen molar-refractivity contribution < 1.29 is 13.9 Å². The number of carbonyl (C=O) groups is 1. The van der Waals surface area contributed by atoms with E-state index in [2.05, 4.69) is 0 Å². The Morgan fingerprint density at radius 2 is 2.20 bits per heavy atom. The van der Waals surface area contributed by atoms with E-state index in [0.29, 0.717) is 12.0 Å². The van der Waals surface area contributed by atoms with Crippen molar-refractivity contribution in [3.63, 3.8) is 0 Å². The van der Waals surface area contributed by atoms with Gasteiger partial charge in [0.05, 0.1) is 6.61 Å². The Morgan fingerprint density at radius 3 is 2.80 bits per heavy atom. The molecule has 1 aromatic rings. The predicted octanol–water partition coefficient (Wildman–Crippen LogP) is 2.43. The molecule has 15 heavy (non-hydrogen) atoms. The number of benzene rings is 1. The van der Waals surface area contributed by atoms with Gasteiger partial charge in [-0.3, -0.25) is 4.79 Å². The predicted molar refractivity (Wildman–Crippen MR) is 54.0 cm³/mol. The van der Waals surface area contributed by atoms with Gasteiger partial charge < -0.3 is 4.74 Å². The van der Waals surface area contributed by atoms with Gasteiger partial charge in [-0.1, -0.05) is 30.3 Å². The normalized spacial score (nSPS) is 28.5. The highest BCUT2D eigenvalue weighted by molar-refractivity contribution is 5.65. The lowest BCUT2D eigenvalue weighted by Crippen LogP contribution is -2.09. The van der Waals surface area contributed by atoms with Gasteiger partial charge in [0.15, 0.2) is 0 Å². The third-order valence-corrected chi connectivity index (χ3v) is 2.77. The number of carbonyl (C=O) groups excluding carboxylic acids is 1. The fourth-order valence-corrected chi connectivity index (χ4v) is 1.78. The van der Waals surface area contributed by atoms with Crippen LogP contribution < -0.4 is 0 Å². The van der Waals surface area contributed by atoms with Gasteiger partial charge in [-0.05, 0) is 12.0 Å². The van der Waals surface area contributed by atoms with Crippen molar-refractivity contribution in [1.29, 1.82) is 0 Å². The number of hydrogen-bond donors (Lipinski definition) is 0. The standard InChI is InChI=1S/C12H13FO2/c1-9(14)15-8-11-7-12(11,13)10-5-3-2-4-6-10/h2-6,11H,7-8H2,1H3/t11-,12+/m0/s1. The molecule has 1 fully saturated rings. The zero-order chi connectivity index (χ0) is 10.9. The Balaban J connectivity index is 1.98. The third kappa shape index (κ3) is 2.01. The van der Waals surface area contributed by atoms with Crippen LogP contribution >= 0.6 is 0 Å². The highest BCUT2D eigenvalue weighted by Gasteiger charge is 2.57. The molecule has 0 aromatic heterocycles. The lowest BCUT2D eigenvalue weighted by atomic mass is 10.1. The summed E-state index contributed by atoms with van der Waals surface area (Å²) < 4.78 is 19.0. The Hall–Kier alpha value is -1.38. The molecule has 1 aliphatic rings. The van der Waals surface area contributed by atoms with Gasteiger partial charge in [0, 0.05) is 12.8 Å². The smallest absolute Gasteiger partial charge is 0.302 e. The Labute approximate surface area is 88.1 Å². The number of esters is 1. The zero-order valence-electron chi connectivity index (χ0n) is 8.57. The van der Waals surface area contributed by atoms with Crippen molar-refractivity contribution in [3.05, 3.63) is 35.9 Å². The maximum atomic E-state index is 14.2. The Kier molecular flexibility index (Phi) is 2.47. The minimum absolute atomic E-state index is 0.177. The summed E-state index contributed by atoms with van der Waals surface area (Å²) >= 11 is 0. The molecule has 80 valence electrons. The fourth-order valence-electron chi connectivity index (χ4n) is 1.78. The molecule has 0 N–H and O–H groups in total. The molecule has 0 amide bonds. The summed E-state index contributed by atoms with van der Waals surface area (Å²) in [5, 5.41) is 0. The van der Waals surface area contributed by atoms with Crippen molar-refractivity contribution in [1.82, 2.24) is 0 Å². The molecule has 1 saturated carbocycles. The number of hydrogen-bond acceptors (Lipinski definition) is 2. The molecule has 3 heteroatoms. The van der Waals surface area contributed by atoms with Crippen LogP contribution in [0.5, 0.6) is 0 Å². The summed E-state index contributed by atoms with van der Waals surface area (Å²) in [6.45, 7) is 1.52. The van der Waals surface area contributed by atoms with Gasteiger partial charge in [0.1, 0.15) is 5.67 Å². The van der Waals surface area contributed by atoms with Crippen LogP contribution in [-0.4, -0.2) is 12.6 Å². The Bertz CT molecular complexity index is 363. The molecular formula is C12H13FO2. The van der Waals surface area contributed by atoms with Crippen LogP contribution in [0.2, 0.25) is 0 Å². The van der Waals surface area contributed by atoms with Gasteiger partial charge in [0.25, 0.3) is 0 Å². The molecule has 0 spiro atoms. The maximum absolute atomic E-state index is 14.2. The van der Waals surface area contributed by atoms with E-state index in [1.54, 1.807) is 12.1 Å². The van der Waals surface area contributed by atoms with Crippen LogP contribution in [0.4, 0.5) is 4.39 Å². The van der Waals surface area contributed by atoms with Crippen molar-refractivity contribution in [2.45, 2.75) is 19.0 Å². The summed E-state index contributed by atoms with van der Waals surface area (Å²) in [4.78, 5) is 10.6. The Morgan fingerprint density at radius 1 is 1.53 bits per heavy atom. The second kappa shape index (κ2) is 3.65. The quantitative estimate of drug-likeness (QED) is 0.713. The molecule has 2 atom stereocenters. The first-order valence-corrected chi connectivity index (χ1v) is 5.01. The van der Waals surface area contributed by atoms with E-state index < -0.39 is 5.67 Å². The molecule has 0 radical (unpaired) electrons. The summed E-state index contributed by atoms with van der Waals surface area (Å²) in [5.41, 5.74) is -0.598. The molecule has 0 bridgehead atoms. The van der Waals surface area contributed by atoms with E-state index >= 15 is 0 Å². The van der Waals surface area contributed by atoms with Crippen LogP contribution in [0.3, 0.4) is 0 Å². The largest absolute Gasteiger partial charge is 0.465 e. The van der Waals surface area contributed by atoms with Crippen LogP contribution in [-0.2, 0) is 15.2 Å². The van der Waals surface area contributed by atoms with Crippen molar-refractivity contribution in [2.24, 2.45) is 5.92 Å². The summed E-state index contributed by atoms with van der Waals surface area (Å²) in [6, 6.07) is 9.04. The molecule has 2 rings (SSSR count).